The molecular formula is C31H47F4N5O9. The van der Waals surface area contributed by atoms with Crippen LogP contribution in [0.3, 0.4) is 0 Å². The summed E-state index contributed by atoms with van der Waals surface area (Å²) in [4.78, 5) is 68.9. The minimum Gasteiger partial charge on any atom is -0.379 e. The minimum absolute atomic E-state index is 0.0231. The molecule has 2 saturated carbocycles. The standard InChI is InChI=1S/C31H47F4N5O9/c1-16(2)18-10-30(18,25(44)29(5)15-49-29)38-24(43)21(14-48-28(34)35)37-26(45)31(11-19(31)17(3)4)39-23(42)20(13-47-27(32)33)36-22(41)12-40-6-8-46-9-7-40/h16-21,27-28H,6-15H2,1-5H3,(H,36,41)(H,37,45)(H,38,43)(H,39,42)/t18?,19-,20-,21-,29+,30?,31?/m0/s1. The van der Waals surface area contributed by atoms with E-state index >= 15 is 0 Å². The van der Waals surface area contributed by atoms with Crippen molar-refractivity contribution in [2.45, 2.75) is 89.4 Å². The van der Waals surface area contributed by atoms with Gasteiger partial charge >= 0.3 is 13.2 Å². The number of Topliss-reactive ketones (excluding diaryl/α,β-unsaturated/α-hetero) is 1. The summed E-state index contributed by atoms with van der Waals surface area (Å²) in [5.41, 5.74) is -4.10. The number of carbonyl (C=O) groups is 5. The predicted octanol–water partition coefficient (Wildman–Crippen LogP) is 0.186. The lowest BCUT2D eigenvalue weighted by atomic mass is 9.92. The van der Waals surface area contributed by atoms with Crippen molar-refractivity contribution in [3.63, 3.8) is 0 Å². The number of rotatable bonds is 19. The molecular weight excluding hydrogens is 662 g/mol. The van der Waals surface area contributed by atoms with E-state index in [9.17, 15) is 41.5 Å². The molecule has 0 spiro atoms. The van der Waals surface area contributed by atoms with Crippen LogP contribution in [0.4, 0.5) is 17.6 Å². The van der Waals surface area contributed by atoms with Crippen LogP contribution < -0.4 is 21.3 Å². The third kappa shape index (κ3) is 9.45. The van der Waals surface area contributed by atoms with Crippen molar-refractivity contribution in [1.29, 1.82) is 0 Å². The van der Waals surface area contributed by atoms with Gasteiger partial charge in [-0.15, -0.1) is 0 Å². The molecule has 0 aromatic heterocycles. The molecule has 4 fully saturated rings. The lowest BCUT2D eigenvalue weighted by molar-refractivity contribution is -0.150. The normalized spacial score (nSPS) is 30.6. The Kier molecular flexibility index (Phi) is 12.3. The number of amides is 4. The second kappa shape index (κ2) is 15.5. The Hall–Kier alpha value is -2.93. The number of ketones is 1. The van der Waals surface area contributed by atoms with Crippen LogP contribution in [0.15, 0.2) is 0 Å². The van der Waals surface area contributed by atoms with Gasteiger partial charge in [-0.05, 0) is 43.4 Å². The molecule has 2 heterocycles. The highest BCUT2D eigenvalue weighted by Crippen LogP contribution is 2.53. The van der Waals surface area contributed by atoms with E-state index in [2.05, 4.69) is 30.7 Å². The molecule has 2 aliphatic carbocycles. The molecule has 0 bridgehead atoms. The van der Waals surface area contributed by atoms with Crippen LogP contribution in [0.2, 0.25) is 0 Å². The Balaban J connectivity index is 1.50. The Bertz CT molecular complexity index is 1250. The Morgan fingerprint density at radius 2 is 1.27 bits per heavy atom. The summed E-state index contributed by atoms with van der Waals surface area (Å²) >= 11 is 0. The molecule has 278 valence electrons. The Morgan fingerprint density at radius 1 is 0.796 bits per heavy atom. The number of halogens is 4. The second-order valence-electron chi connectivity index (χ2n) is 14.1. The maximum atomic E-state index is 13.9. The molecule has 14 nitrogen and oxygen atoms in total. The average molecular weight is 710 g/mol. The topological polar surface area (TPSA) is 177 Å². The van der Waals surface area contributed by atoms with Gasteiger partial charge in [-0.25, -0.2) is 0 Å². The Labute approximate surface area is 282 Å². The zero-order valence-corrected chi connectivity index (χ0v) is 28.3. The van der Waals surface area contributed by atoms with Crippen molar-refractivity contribution >= 4 is 29.4 Å². The van der Waals surface area contributed by atoms with E-state index in [1.54, 1.807) is 25.7 Å². The highest BCUT2D eigenvalue weighted by Gasteiger charge is 2.69. The SMILES string of the molecule is CC(C)C1CC1(NC(=O)[C@H](COC(F)F)NC(=O)C1(NC(=O)[C@H](COC(F)F)NC(=O)CN2CCOCC2)C[C@H]1C(C)C)C(=O)[C@@]1(C)CO1. The van der Waals surface area contributed by atoms with Crippen molar-refractivity contribution < 1.29 is 60.5 Å². The van der Waals surface area contributed by atoms with Crippen LogP contribution >= 0.6 is 0 Å². The summed E-state index contributed by atoms with van der Waals surface area (Å²) < 4.78 is 71.6. The number of epoxide rings is 1. The molecule has 2 aliphatic heterocycles. The van der Waals surface area contributed by atoms with Gasteiger partial charge in [-0.3, -0.25) is 28.9 Å². The first kappa shape index (κ1) is 38.9. The quantitative estimate of drug-likeness (QED) is 0.107. The summed E-state index contributed by atoms with van der Waals surface area (Å²) in [6, 6.07) is -3.33. The second-order valence-corrected chi connectivity index (χ2v) is 14.1. The van der Waals surface area contributed by atoms with Gasteiger partial charge in [-0.1, -0.05) is 27.7 Å². The summed E-state index contributed by atoms with van der Waals surface area (Å²) in [5.74, 6) is -4.87. The maximum absolute atomic E-state index is 13.9. The Morgan fingerprint density at radius 3 is 1.71 bits per heavy atom. The third-order valence-corrected chi connectivity index (χ3v) is 9.72. The number of nitrogens with zero attached hydrogens (tertiary/aromatic N) is 1. The van der Waals surface area contributed by atoms with Gasteiger partial charge < -0.3 is 40.2 Å². The number of ether oxygens (including phenoxy) is 4. The van der Waals surface area contributed by atoms with Gasteiger partial charge in [0.1, 0.15) is 28.8 Å². The smallest absolute Gasteiger partial charge is 0.345 e. The van der Waals surface area contributed by atoms with E-state index in [4.69, 9.17) is 9.47 Å². The average Bonchev–Trinajstić information content (AvgIpc) is 3.95. The van der Waals surface area contributed by atoms with E-state index in [-0.39, 0.29) is 43.1 Å². The highest BCUT2D eigenvalue weighted by atomic mass is 19.3. The molecule has 49 heavy (non-hydrogen) atoms. The zero-order valence-electron chi connectivity index (χ0n) is 28.3. The van der Waals surface area contributed by atoms with E-state index in [0.29, 0.717) is 32.7 Å². The van der Waals surface area contributed by atoms with Crippen molar-refractivity contribution in [2.24, 2.45) is 23.7 Å². The van der Waals surface area contributed by atoms with Crippen LogP contribution in [0, 0.1) is 23.7 Å². The number of morpholine rings is 1. The summed E-state index contributed by atoms with van der Waals surface area (Å²) in [6.07, 6.45) is 0.350. The minimum atomic E-state index is -3.29. The monoisotopic (exact) mass is 709 g/mol. The summed E-state index contributed by atoms with van der Waals surface area (Å²) in [7, 11) is 0. The molecule has 0 aromatic rings. The van der Waals surface area contributed by atoms with Crippen LogP contribution in [0.1, 0.15) is 47.5 Å². The number of nitrogens with one attached hydrogen (secondary N) is 4. The third-order valence-electron chi connectivity index (χ3n) is 9.72. The maximum Gasteiger partial charge on any atom is 0.345 e. The molecule has 0 aromatic carbocycles. The molecule has 18 heteroatoms. The van der Waals surface area contributed by atoms with Gasteiger partial charge in [0.25, 0.3) is 0 Å². The fraction of sp³-hybridized carbons (Fsp3) is 0.839. The fourth-order valence-corrected chi connectivity index (χ4v) is 6.63. The van der Waals surface area contributed by atoms with Gasteiger partial charge in [0.2, 0.25) is 23.6 Å². The van der Waals surface area contributed by atoms with Gasteiger partial charge in [0.15, 0.2) is 5.78 Å². The van der Waals surface area contributed by atoms with E-state index in [1.165, 1.54) is 0 Å². The number of alkyl halides is 4. The van der Waals surface area contributed by atoms with Crippen molar-refractivity contribution in [2.75, 3.05) is 52.7 Å². The first-order valence-electron chi connectivity index (χ1n) is 16.5. The first-order valence-corrected chi connectivity index (χ1v) is 16.5. The first-order chi connectivity index (χ1) is 22.9. The number of hydrogen-bond acceptors (Lipinski definition) is 10. The highest BCUT2D eigenvalue weighted by molar-refractivity contribution is 6.04. The molecule has 4 N–H and O–H groups in total. The van der Waals surface area contributed by atoms with Crippen LogP contribution in [0.25, 0.3) is 0 Å². The van der Waals surface area contributed by atoms with Crippen LogP contribution in [-0.2, 0) is 42.9 Å². The molecule has 3 unspecified atom stereocenters. The predicted molar refractivity (Wildman–Crippen MR) is 162 cm³/mol. The molecule has 4 aliphatic rings. The molecule has 2 saturated heterocycles. The van der Waals surface area contributed by atoms with Crippen molar-refractivity contribution in [1.82, 2.24) is 26.2 Å². The fourth-order valence-electron chi connectivity index (χ4n) is 6.63. The number of hydrogen-bond donors (Lipinski definition) is 4. The van der Waals surface area contributed by atoms with Crippen molar-refractivity contribution in [3.05, 3.63) is 0 Å². The van der Waals surface area contributed by atoms with Crippen LogP contribution in [0.5, 0.6) is 0 Å². The molecule has 7 atom stereocenters. The lowest BCUT2D eigenvalue weighted by Crippen LogP contribution is -2.62. The summed E-state index contributed by atoms with van der Waals surface area (Å²) in [6.45, 7) is 2.16. The van der Waals surface area contributed by atoms with E-state index in [1.807, 2.05) is 13.8 Å². The van der Waals surface area contributed by atoms with Gasteiger partial charge in [0, 0.05) is 13.1 Å². The molecule has 4 amide bonds. The van der Waals surface area contributed by atoms with E-state index < -0.39 is 84.7 Å². The molecule has 0 radical (unpaired) electrons. The largest absolute Gasteiger partial charge is 0.379 e. The lowest BCUT2D eigenvalue weighted by Gasteiger charge is -2.29. The van der Waals surface area contributed by atoms with Gasteiger partial charge in [0.05, 0.1) is 39.6 Å². The van der Waals surface area contributed by atoms with E-state index in [0.717, 1.165) is 0 Å². The summed E-state index contributed by atoms with van der Waals surface area (Å²) in [5, 5.41) is 10.0. The number of carbonyl (C=O) groups excluding carboxylic acids is 5. The van der Waals surface area contributed by atoms with Crippen molar-refractivity contribution in [3.8, 4) is 0 Å². The van der Waals surface area contributed by atoms with Gasteiger partial charge in [-0.2, -0.15) is 17.6 Å². The van der Waals surface area contributed by atoms with Crippen LogP contribution in [-0.4, -0.2) is 129 Å². The zero-order chi connectivity index (χ0) is 36.3. The molecule has 4 rings (SSSR count).